The lowest BCUT2D eigenvalue weighted by molar-refractivity contribution is 0.124. The standard InChI is InChI=1S/C12H27N3O/c1-5-15(11(2)8-14(3)4)9-12(13)6-7-16-10-12/h11H,5-10,13H2,1-4H3. The summed E-state index contributed by atoms with van der Waals surface area (Å²) in [6.45, 7) is 9.06. The Kier molecular flexibility index (Phi) is 5.18. The summed E-state index contributed by atoms with van der Waals surface area (Å²) >= 11 is 0. The molecule has 2 unspecified atom stereocenters. The third kappa shape index (κ3) is 4.01. The predicted molar refractivity (Wildman–Crippen MR) is 67.6 cm³/mol. The second-order valence-electron chi connectivity index (χ2n) is 5.34. The van der Waals surface area contributed by atoms with E-state index >= 15 is 0 Å². The number of rotatable bonds is 6. The lowest BCUT2D eigenvalue weighted by Gasteiger charge is -2.35. The van der Waals surface area contributed by atoms with Gasteiger partial charge in [0.05, 0.1) is 12.1 Å². The number of likely N-dealkylation sites (N-methyl/N-ethyl adjacent to an activating group) is 2. The molecule has 1 aliphatic heterocycles. The van der Waals surface area contributed by atoms with Gasteiger partial charge in [-0.2, -0.15) is 0 Å². The summed E-state index contributed by atoms with van der Waals surface area (Å²) in [5, 5.41) is 0. The van der Waals surface area contributed by atoms with E-state index in [1.807, 2.05) is 0 Å². The van der Waals surface area contributed by atoms with Crippen molar-refractivity contribution in [2.45, 2.75) is 31.8 Å². The molecule has 4 heteroatoms. The van der Waals surface area contributed by atoms with Crippen molar-refractivity contribution in [1.29, 1.82) is 0 Å². The molecular weight excluding hydrogens is 202 g/mol. The van der Waals surface area contributed by atoms with Crippen LogP contribution in [0.4, 0.5) is 0 Å². The molecule has 1 rings (SSSR count). The zero-order valence-electron chi connectivity index (χ0n) is 11.2. The Morgan fingerprint density at radius 1 is 1.44 bits per heavy atom. The van der Waals surface area contributed by atoms with Crippen LogP contribution in [0.1, 0.15) is 20.3 Å². The van der Waals surface area contributed by atoms with Gasteiger partial charge in [0.15, 0.2) is 0 Å². The van der Waals surface area contributed by atoms with E-state index in [9.17, 15) is 0 Å². The third-order valence-electron chi connectivity index (χ3n) is 3.31. The van der Waals surface area contributed by atoms with Gasteiger partial charge in [-0.05, 0) is 34.0 Å². The van der Waals surface area contributed by atoms with Gasteiger partial charge < -0.3 is 15.4 Å². The van der Waals surface area contributed by atoms with Gasteiger partial charge in [-0.1, -0.05) is 6.92 Å². The van der Waals surface area contributed by atoms with Gasteiger partial charge in [0.2, 0.25) is 0 Å². The molecule has 1 fully saturated rings. The minimum atomic E-state index is -0.128. The topological polar surface area (TPSA) is 41.7 Å². The van der Waals surface area contributed by atoms with E-state index in [2.05, 4.69) is 37.7 Å². The molecule has 1 saturated heterocycles. The highest BCUT2D eigenvalue weighted by Gasteiger charge is 2.33. The molecule has 0 aliphatic carbocycles. The minimum absolute atomic E-state index is 0.128. The van der Waals surface area contributed by atoms with Crippen LogP contribution < -0.4 is 5.73 Å². The van der Waals surface area contributed by atoms with Crippen molar-refractivity contribution in [2.75, 3.05) is 46.9 Å². The fourth-order valence-corrected chi connectivity index (χ4v) is 2.38. The summed E-state index contributed by atoms with van der Waals surface area (Å²) in [6.07, 6.45) is 0.984. The Morgan fingerprint density at radius 2 is 2.12 bits per heavy atom. The van der Waals surface area contributed by atoms with Crippen molar-refractivity contribution < 1.29 is 4.74 Å². The molecular formula is C12H27N3O. The molecule has 0 amide bonds. The molecule has 0 bridgehead atoms. The number of nitrogens with two attached hydrogens (primary N) is 1. The number of ether oxygens (including phenoxy) is 1. The zero-order valence-corrected chi connectivity index (χ0v) is 11.2. The van der Waals surface area contributed by atoms with E-state index in [1.54, 1.807) is 0 Å². The lowest BCUT2D eigenvalue weighted by Crippen LogP contribution is -2.54. The first kappa shape index (κ1) is 13.9. The number of hydrogen-bond acceptors (Lipinski definition) is 4. The molecule has 0 aromatic rings. The molecule has 0 aromatic heterocycles. The van der Waals surface area contributed by atoms with Crippen LogP contribution in [0.5, 0.6) is 0 Å². The first-order valence-electron chi connectivity index (χ1n) is 6.22. The lowest BCUT2D eigenvalue weighted by atomic mass is 9.99. The molecule has 0 saturated carbocycles. The highest BCUT2D eigenvalue weighted by Crippen LogP contribution is 2.18. The maximum absolute atomic E-state index is 6.32. The summed E-state index contributed by atoms with van der Waals surface area (Å²) in [5.41, 5.74) is 6.20. The first-order chi connectivity index (χ1) is 7.47. The van der Waals surface area contributed by atoms with Crippen LogP contribution in [0, 0.1) is 0 Å². The average molecular weight is 229 g/mol. The van der Waals surface area contributed by atoms with Crippen LogP contribution in [0.2, 0.25) is 0 Å². The van der Waals surface area contributed by atoms with Crippen LogP contribution in [-0.2, 0) is 4.74 Å². The molecule has 0 radical (unpaired) electrons. The van der Waals surface area contributed by atoms with Crippen LogP contribution in [0.3, 0.4) is 0 Å². The molecule has 0 aromatic carbocycles. The van der Waals surface area contributed by atoms with Crippen molar-refractivity contribution in [3.05, 3.63) is 0 Å². The number of nitrogens with zero attached hydrogens (tertiary/aromatic N) is 2. The molecule has 2 atom stereocenters. The maximum atomic E-state index is 6.32. The number of hydrogen-bond donors (Lipinski definition) is 1. The predicted octanol–water partition coefficient (Wildman–Crippen LogP) is 0.376. The highest BCUT2D eigenvalue weighted by molar-refractivity contribution is 4.92. The van der Waals surface area contributed by atoms with E-state index in [4.69, 9.17) is 10.5 Å². The Labute approximate surface area is 99.7 Å². The fourth-order valence-electron chi connectivity index (χ4n) is 2.38. The Balaban J connectivity index is 2.47. The van der Waals surface area contributed by atoms with E-state index in [1.165, 1.54) is 0 Å². The third-order valence-corrected chi connectivity index (χ3v) is 3.31. The van der Waals surface area contributed by atoms with Gasteiger partial charge >= 0.3 is 0 Å². The van der Waals surface area contributed by atoms with Crippen LogP contribution >= 0.6 is 0 Å². The molecule has 1 aliphatic rings. The second-order valence-corrected chi connectivity index (χ2v) is 5.34. The SMILES string of the molecule is CCN(CC1(N)CCOC1)C(C)CN(C)C. The van der Waals surface area contributed by atoms with Crippen LogP contribution in [0.25, 0.3) is 0 Å². The molecule has 16 heavy (non-hydrogen) atoms. The normalized spacial score (nSPS) is 27.9. The van der Waals surface area contributed by atoms with E-state index in [0.29, 0.717) is 12.6 Å². The largest absolute Gasteiger partial charge is 0.379 e. The van der Waals surface area contributed by atoms with Crippen molar-refractivity contribution >= 4 is 0 Å². The van der Waals surface area contributed by atoms with Crippen molar-refractivity contribution in [3.8, 4) is 0 Å². The summed E-state index contributed by atoms with van der Waals surface area (Å²) in [5.74, 6) is 0. The van der Waals surface area contributed by atoms with E-state index < -0.39 is 0 Å². The molecule has 1 heterocycles. The van der Waals surface area contributed by atoms with Crippen molar-refractivity contribution in [2.24, 2.45) is 5.73 Å². The van der Waals surface area contributed by atoms with Crippen molar-refractivity contribution in [3.63, 3.8) is 0 Å². The van der Waals surface area contributed by atoms with Gasteiger partial charge in [-0.25, -0.2) is 0 Å². The molecule has 0 spiro atoms. The monoisotopic (exact) mass is 229 g/mol. The van der Waals surface area contributed by atoms with E-state index in [0.717, 1.165) is 32.7 Å². The maximum Gasteiger partial charge on any atom is 0.0659 e. The molecule has 4 nitrogen and oxygen atoms in total. The van der Waals surface area contributed by atoms with Gasteiger partial charge in [-0.15, -0.1) is 0 Å². The summed E-state index contributed by atoms with van der Waals surface area (Å²) in [4.78, 5) is 4.68. The summed E-state index contributed by atoms with van der Waals surface area (Å²) in [6, 6.07) is 0.543. The zero-order chi connectivity index (χ0) is 12.2. The first-order valence-corrected chi connectivity index (χ1v) is 6.22. The van der Waals surface area contributed by atoms with Gasteiger partial charge in [0.25, 0.3) is 0 Å². The second kappa shape index (κ2) is 5.96. The Hall–Kier alpha value is -0.160. The van der Waals surface area contributed by atoms with Crippen LogP contribution in [-0.4, -0.2) is 68.3 Å². The van der Waals surface area contributed by atoms with Crippen LogP contribution in [0.15, 0.2) is 0 Å². The van der Waals surface area contributed by atoms with Crippen molar-refractivity contribution in [1.82, 2.24) is 9.80 Å². The van der Waals surface area contributed by atoms with Gasteiger partial charge in [0, 0.05) is 25.7 Å². The summed E-state index contributed by atoms with van der Waals surface area (Å²) < 4.78 is 5.40. The minimum Gasteiger partial charge on any atom is -0.379 e. The van der Waals surface area contributed by atoms with Gasteiger partial charge in [-0.3, -0.25) is 4.90 Å². The average Bonchev–Trinajstić information content (AvgIpc) is 2.61. The van der Waals surface area contributed by atoms with E-state index in [-0.39, 0.29) is 5.54 Å². The molecule has 96 valence electrons. The quantitative estimate of drug-likeness (QED) is 0.715. The Bertz CT molecular complexity index is 202. The smallest absolute Gasteiger partial charge is 0.0659 e. The van der Waals surface area contributed by atoms with Gasteiger partial charge in [0.1, 0.15) is 0 Å². The Morgan fingerprint density at radius 3 is 2.56 bits per heavy atom. The fraction of sp³-hybridized carbons (Fsp3) is 1.00. The summed E-state index contributed by atoms with van der Waals surface area (Å²) in [7, 11) is 4.22. The molecule has 2 N–H and O–H groups in total. The highest BCUT2D eigenvalue weighted by atomic mass is 16.5.